The van der Waals surface area contributed by atoms with E-state index in [1.54, 1.807) is 13.2 Å². The van der Waals surface area contributed by atoms with Crippen molar-refractivity contribution in [2.45, 2.75) is 25.8 Å². The number of benzene rings is 1. The SMILES string of the molecule is COc1cccc(CN)c1OCC(=O)N1CCCCC1. The van der Waals surface area contributed by atoms with Crippen LogP contribution in [-0.4, -0.2) is 37.6 Å². The van der Waals surface area contributed by atoms with E-state index < -0.39 is 0 Å². The number of carbonyl (C=O) groups excluding carboxylic acids is 1. The van der Waals surface area contributed by atoms with Crippen LogP contribution >= 0.6 is 0 Å². The second-order valence-corrected chi connectivity index (χ2v) is 4.88. The Bertz CT molecular complexity index is 434. The molecule has 110 valence electrons. The summed E-state index contributed by atoms with van der Waals surface area (Å²) in [6, 6.07) is 5.55. The average Bonchev–Trinajstić information content (AvgIpc) is 2.52. The third-order valence-corrected chi connectivity index (χ3v) is 3.55. The van der Waals surface area contributed by atoms with Gasteiger partial charge in [0.2, 0.25) is 0 Å². The highest BCUT2D eigenvalue weighted by molar-refractivity contribution is 5.78. The van der Waals surface area contributed by atoms with Gasteiger partial charge >= 0.3 is 0 Å². The summed E-state index contributed by atoms with van der Waals surface area (Å²) in [5.74, 6) is 1.21. The average molecular weight is 278 g/mol. The fraction of sp³-hybridized carbons (Fsp3) is 0.533. The van der Waals surface area contributed by atoms with Gasteiger partial charge in [-0.3, -0.25) is 4.79 Å². The van der Waals surface area contributed by atoms with Gasteiger partial charge in [0.25, 0.3) is 5.91 Å². The molecule has 5 heteroatoms. The van der Waals surface area contributed by atoms with Gasteiger partial charge in [0.1, 0.15) is 0 Å². The van der Waals surface area contributed by atoms with Crippen LogP contribution in [-0.2, 0) is 11.3 Å². The molecule has 2 N–H and O–H groups in total. The van der Waals surface area contributed by atoms with Crippen molar-refractivity contribution in [3.63, 3.8) is 0 Å². The second kappa shape index (κ2) is 7.14. The summed E-state index contributed by atoms with van der Waals surface area (Å²) in [7, 11) is 1.58. The lowest BCUT2D eigenvalue weighted by Gasteiger charge is -2.26. The Morgan fingerprint density at radius 1 is 1.30 bits per heavy atom. The van der Waals surface area contributed by atoms with Crippen LogP contribution in [0.2, 0.25) is 0 Å². The number of rotatable bonds is 5. The van der Waals surface area contributed by atoms with Crippen molar-refractivity contribution in [1.82, 2.24) is 4.90 Å². The number of ether oxygens (including phenoxy) is 2. The van der Waals surface area contributed by atoms with E-state index in [2.05, 4.69) is 0 Å². The van der Waals surface area contributed by atoms with Gasteiger partial charge in [-0.1, -0.05) is 12.1 Å². The molecular weight excluding hydrogens is 256 g/mol. The predicted octanol–water partition coefficient (Wildman–Crippen LogP) is 1.55. The molecule has 1 fully saturated rings. The number of hydrogen-bond acceptors (Lipinski definition) is 4. The van der Waals surface area contributed by atoms with Crippen LogP contribution in [0.3, 0.4) is 0 Å². The lowest BCUT2D eigenvalue weighted by atomic mass is 10.1. The molecule has 0 radical (unpaired) electrons. The summed E-state index contributed by atoms with van der Waals surface area (Å²) >= 11 is 0. The van der Waals surface area contributed by atoms with Crippen molar-refractivity contribution in [1.29, 1.82) is 0 Å². The normalized spacial score (nSPS) is 15.0. The Kier molecular flexibility index (Phi) is 5.24. The van der Waals surface area contributed by atoms with Crippen molar-refractivity contribution >= 4 is 5.91 Å². The minimum absolute atomic E-state index is 0.0265. The molecule has 1 aliphatic heterocycles. The summed E-state index contributed by atoms with van der Waals surface area (Å²) in [5.41, 5.74) is 6.54. The van der Waals surface area contributed by atoms with Crippen LogP contribution in [0.4, 0.5) is 0 Å². The van der Waals surface area contributed by atoms with Crippen LogP contribution in [0.1, 0.15) is 24.8 Å². The fourth-order valence-corrected chi connectivity index (χ4v) is 2.42. The van der Waals surface area contributed by atoms with Gasteiger partial charge in [-0.05, 0) is 25.3 Å². The van der Waals surface area contributed by atoms with Crippen LogP contribution in [0.15, 0.2) is 18.2 Å². The maximum atomic E-state index is 12.1. The quantitative estimate of drug-likeness (QED) is 0.887. The Labute approximate surface area is 119 Å². The summed E-state index contributed by atoms with van der Waals surface area (Å²) in [6.07, 6.45) is 3.36. The maximum absolute atomic E-state index is 12.1. The monoisotopic (exact) mass is 278 g/mol. The summed E-state index contributed by atoms with van der Waals surface area (Å²) in [6.45, 7) is 2.05. The molecule has 1 aromatic rings. The molecule has 5 nitrogen and oxygen atoms in total. The van der Waals surface area contributed by atoms with Gasteiger partial charge < -0.3 is 20.1 Å². The number of para-hydroxylation sites is 1. The molecule has 20 heavy (non-hydrogen) atoms. The highest BCUT2D eigenvalue weighted by atomic mass is 16.5. The Morgan fingerprint density at radius 3 is 2.70 bits per heavy atom. The van der Waals surface area contributed by atoms with E-state index in [1.807, 2.05) is 17.0 Å². The molecule has 1 heterocycles. The van der Waals surface area contributed by atoms with E-state index in [1.165, 1.54) is 6.42 Å². The zero-order chi connectivity index (χ0) is 14.4. The summed E-state index contributed by atoms with van der Waals surface area (Å²) < 4.78 is 10.9. The Balaban J connectivity index is 2.00. The molecular formula is C15H22N2O3. The zero-order valence-electron chi connectivity index (χ0n) is 11.9. The molecule has 1 aromatic carbocycles. The van der Waals surface area contributed by atoms with E-state index >= 15 is 0 Å². The number of nitrogens with two attached hydrogens (primary N) is 1. The second-order valence-electron chi connectivity index (χ2n) is 4.88. The number of methoxy groups -OCH3 is 1. The molecule has 0 aromatic heterocycles. The molecule has 1 aliphatic rings. The van der Waals surface area contributed by atoms with E-state index in [9.17, 15) is 4.79 Å². The van der Waals surface area contributed by atoms with E-state index in [4.69, 9.17) is 15.2 Å². The highest BCUT2D eigenvalue weighted by Gasteiger charge is 2.18. The summed E-state index contributed by atoms with van der Waals surface area (Å²) in [5, 5.41) is 0. The largest absolute Gasteiger partial charge is 0.493 e. The number of amides is 1. The zero-order valence-corrected chi connectivity index (χ0v) is 11.9. The number of hydrogen-bond donors (Lipinski definition) is 1. The molecule has 0 spiro atoms. The standard InChI is InChI=1S/C15H22N2O3/c1-19-13-7-5-6-12(10-16)15(13)20-11-14(18)17-8-3-2-4-9-17/h5-7H,2-4,8-11,16H2,1H3. The van der Waals surface area contributed by atoms with E-state index in [-0.39, 0.29) is 12.5 Å². The number of nitrogens with zero attached hydrogens (tertiary/aromatic N) is 1. The number of likely N-dealkylation sites (tertiary alicyclic amines) is 1. The third-order valence-electron chi connectivity index (χ3n) is 3.55. The Hall–Kier alpha value is -1.75. The van der Waals surface area contributed by atoms with Gasteiger partial charge in [-0.25, -0.2) is 0 Å². The molecule has 1 amide bonds. The van der Waals surface area contributed by atoms with E-state index in [0.717, 1.165) is 31.5 Å². The first kappa shape index (κ1) is 14.7. The first-order valence-corrected chi connectivity index (χ1v) is 7.02. The van der Waals surface area contributed by atoms with Gasteiger partial charge in [0, 0.05) is 25.2 Å². The maximum Gasteiger partial charge on any atom is 0.260 e. The van der Waals surface area contributed by atoms with Crippen molar-refractivity contribution in [2.75, 3.05) is 26.8 Å². The molecule has 0 aliphatic carbocycles. The van der Waals surface area contributed by atoms with Crippen LogP contribution < -0.4 is 15.2 Å². The van der Waals surface area contributed by atoms with Gasteiger partial charge in [0.05, 0.1) is 7.11 Å². The number of piperidine rings is 1. The Morgan fingerprint density at radius 2 is 2.05 bits per heavy atom. The van der Waals surface area contributed by atoms with E-state index in [0.29, 0.717) is 18.0 Å². The smallest absolute Gasteiger partial charge is 0.260 e. The van der Waals surface area contributed by atoms with Gasteiger partial charge in [0.15, 0.2) is 18.1 Å². The molecule has 0 saturated carbocycles. The first-order valence-electron chi connectivity index (χ1n) is 7.02. The molecule has 0 atom stereocenters. The third kappa shape index (κ3) is 3.42. The lowest BCUT2D eigenvalue weighted by Crippen LogP contribution is -2.38. The lowest BCUT2D eigenvalue weighted by molar-refractivity contribution is -0.134. The van der Waals surface area contributed by atoms with Gasteiger partial charge in [-0.15, -0.1) is 0 Å². The minimum Gasteiger partial charge on any atom is -0.493 e. The van der Waals surface area contributed by atoms with Crippen molar-refractivity contribution < 1.29 is 14.3 Å². The van der Waals surface area contributed by atoms with Crippen LogP contribution in [0, 0.1) is 0 Å². The predicted molar refractivity (Wildman–Crippen MR) is 76.8 cm³/mol. The molecule has 1 saturated heterocycles. The molecule has 0 unspecified atom stereocenters. The first-order chi connectivity index (χ1) is 9.76. The molecule has 2 rings (SSSR count). The van der Waals surface area contributed by atoms with Crippen molar-refractivity contribution in [2.24, 2.45) is 5.73 Å². The van der Waals surface area contributed by atoms with Crippen molar-refractivity contribution in [3.8, 4) is 11.5 Å². The van der Waals surface area contributed by atoms with Crippen molar-refractivity contribution in [3.05, 3.63) is 23.8 Å². The highest BCUT2D eigenvalue weighted by Crippen LogP contribution is 2.30. The summed E-state index contributed by atoms with van der Waals surface area (Å²) in [4.78, 5) is 14.0. The fourth-order valence-electron chi connectivity index (χ4n) is 2.42. The number of carbonyl (C=O) groups is 1. The minimum atomic E-state index is 0.0265. The van der Waals surface area contributed by atoms with Gasteiger partial charge in [-0.2, -0.15) is 0 Å². The topological polar surface area (TPSA) is 64.8 Å². The van der Waals surface area contributed by atoms with Crippen LogP contribution in [0.25, 0.3) is 0 Å². The van der Waals surface area contributed by atoms with Crippen LogP contribution in [0.5, 0.6) is 11.5 Å². The molecule has 0 bridgehead atoms.